The van der Waals surface area contributed by atoms with Crippen LogP contribution in [0.15, 0.2) is 18.3 Å². The van der Waals surface area contributed by atoms with E-state index in [9.17, 15) is 4.79 Å². The van der Waals surface area contributed by atoms with Crippen molar-refractivity contribution >= 4 is 52.1 Å². The summed E-state index contributed by atoms with van der Waals surface area (Å²) in [5.74, 6) is -0.744. The molecule has 0 aliphatic carbocycles. The maximum absolute atomic E-state index is 10.9. The molecule has 0 atom stereocenters. The fraction of sp³-hybridized carbons (Fsp3) is 0.167. The van der Waals surface area contributed by atoms with E-state index in [0.717, 1.165) is 4.88 Å². The summed E-state index contributed by atoms with van der Waals surface area (Å²) in [7, 11) is 0. The first-order valence-electron chi connectivity index (χ1n) is 5.39. The Balaban J connectivity index is 2.25. The van der Waals surface area contributed by atoms with Gasteiger partial charge in [0.1, 0.15) is 12.4 Å². The summed E-state index contributed by atoms with van der Waals surface area (Å²) in [6.07, 6.45) is 1.32. The molecular weight excluding hydrogens is 345 g/mol. The second-order valence-corrected chi connectivity index (χ2v) is 6.29. The highest BCUT2D eigenvalue weighted by Crippen LogP contribution is 2.35. The zero-order valence-corrected chi connectivity index (χ0v) is 13.0. The third kappa shape index (κ3) is 3.76. The number of nitrogens with zero attached hydrogens (tertiary/aromatic N) is 1. The molecule has 0 unspecified atom stereocenters. The molecule has 0 saturated heterocycles. The summed E-state index contributed by atoms with van der Waals surface area (Å²) >= 11 is 19.0. The maximum atomic E-state index is 10.9. The van der Waals surface area contributed by atoms with Crippen LogP contribution in [0, 0.1) is 0 Å². The Labute approximate surface area is 133 Å². The first kappa shape index (κ1) is 15.4. The summed E-state index contributed by atoms with van der Waals surface area (Å²) in [4.78, 5) is 15.6. The van der Waals surface area contributed by atoms with E-state index in [4.69, 9.17) is 44.6 Å². The molecule has 0 amide bonds. The summed E-state index contributed by atoms with van der Waals surface area (Å²) < 4.78 is 5.99. The van der Waals surface area contributed by atoms with E-state index in [1.807, 2.05) is 0 Å². The van der Waals surface area contributed by atoms with Crippen LogP contribution in [0.3, 0.4) is 0 Å². The van der Waals surface area contributed by atoms with Gasteiger partial charge in [0.05, 0.1) is 16.3 Å². The van der Waals surface area contributed by atoms with Crippen molar-refractivity contribution in [2.45, 2.75) is 13.0 Å². The number of carboxylic acids is 1. The topological polar surface area (TPSA) is 59.4 Å². The number of benzene rings is 1. The lowest BCUT2D eigenvalue weighted by molar-refractivity contribution is -0.136. The number of aliphatic carboxylic acids is 1. The number of hydrogen-bond acceptors (Lipinski definition) is 4. The maximum Gasteiger partial charge on any atom is 0.308 e. The number of hydrogen-bond donors (Lipinski definition) is 1. The molecule has 0 radical (unpaired) electrons. The minimum absolute atomic E-state index is 0.192. The Bertz CT molecular complexity index is 645. The van der Waals surface area contributed by atoms with Crippen molar-refractivity contribution in [3.8, 4) is 5.75 Å². The van der Waals surface area contributed by atoms with Gasteiger partial charge in [0.2, 0.25) is 0 Å². The Morgan fingerprint density at radius 1 is 1.30 bits per heavy atom. The third-order valence-electron chi connectivity index (χ3n) is 2.37. The van der Waals surface area contributed by atoms with Crippen molar-refractivity contribution in [3.05, 3.63) is 43.3 Å². The number of rotatable bonds is 5. The lowest BCUT2D eigenvalue weighted by Gasteiger charge is -2.12. The number of halogens is 3. The molecule has 8 heteroatoms. The highest BCUT2D eigenvalue weighted by molar-refractivity contribution is 7.15. The molecule has 0 bridgehead atoms. The summed E-state index contributed by atoms with van der Waals surface area (Å²) in [5.41, 5.74) is 0.349. The predicted molar refractivity (Wildman–Crippen MR) is 79.3 cm³/mol. The highest BCUT2D eigenvalue weighted by Gasteiger charge is 2.16. The molecule has 106 valence electrons. The molecule has 2 aromatic rings. The molecule has 0 spiro atoms. The van der Waals surface area contributed by atoms with Crippen LogP contribution in [0.5, 0.6) is 5.75 Å². The van der Waals surface area contributed by atoms with Crippen LogP contribution in [0.2, 0.25) is 14.5 Å². The van der Waals surface area contributed by atoms with Crippen molar-refractivity contribution < 1.29 is 14.6 Å². The minimum atomic E-state index is -1.01. The monoisotopic (exact) mass is 351 g/mol. The summed E-state index contributed by atoms with van der Waals surface area (Å²) in [6, 6.07) is 3.10. The van der Waals surface area contributed by atoms with Gasteiger partial charge in [0.15, 0.2) is 4.47 Å². The Morgan fingerprint density at radius 2 is 2.00 bits per heavy atom. The zero-order valence-electron chi connectivity index (χ0n) is 9.90. The van der Waals surface area contributed by atoms with Gasteiger partial charge in [-0.05, 0) is 12.1 Å². The molecule has 0 saturated carbocycles. The lowest BCUT2D eigenvalue weighted by Crippen LogP contribution is -2.05. The molecule has 20 heavy (non-hydrogen) atoms. The fourth-order valence-corrected chi connectivity index (χ4v) is 2.88. The Hall–Kier alpha value is -1.01. The standard InChI is InChI=1S/C12H8Cl3NO3S/c13-8-1-2-9(14)11(7(8)3-10(17)18)19-5-6-4-16-12(15)20-6/h1-2,4H,3,5H2,(H,17,18). The van der Waals surface area contributed by atoms with E-state index in [0.29, 0.717) is 20.1 Å². The Morgan fingerprint density at radius 3 is 2.60 bits per heavy atom. The Kier molecular flexibility index (Phi) is 5.10. The van der Waals surface area contributed by atoms with Crippen molar-refractivity contribution in [2.24, 2.45) is 0 Å². The van der Waals surface area contributed by atoms with Crippen LogP contribution < -0.4 is 4.74 Å². The summed E-state index contributed by atoms with van der Waals surface area (Å²) in [5, 5.41) is 9.52. The van der Waals surface area contributed by atoms with Gasteiger partial charge >= 0.3 is 5.97 Å². The van der Waals surface area contributed by atoms with Gasteiger partial charge in [0.25, 0.3) is 0 Å². The molecule has 0 aliphatic heterocycles. The smallest absolute Gasteiger partial charge is 0.308 e. The minimum Gasteiger partial charge on any atom is -0.486 e. The normalized spacial score (nSPS) is 10.6. The van der Waals surface area contributed by atoms with Crippen LogP contribution in [-0.2, 0) is 17.8 Å². The van der Waals surface area contributed by atoms with Gasteiger partial charge in [-0.3, -0.25) is 4.79 Å². The van der Waals surface area contributed by atoms with E-state index in [2.05, 4.69) is 4.98 Å². The van der Waals surface area contributed by atoms with E-state index in [1.165, 1.54) is 11.3 Å². The molecule has 2 rings (SSSR count). The first-order valence-corrected chi connectivity index (χ1v) is 7.34. The van der Waals surface area contributed by atoms with Crippen molar-refractivity contribution in [3.63, 3.8) is 0 Å². The van der Waals surface area contributed by atoms with Gasteiger partial charge in [-0.15, -0.1) is 11.3 Å². The van der Waals surface area contributed by atoms with Crippen LogP contribution in [0.25, 0.3) is 0 Å². The molecule has 4 nitrogen and oxygen atoms in total. The molecule has 1 N–H and O–H groups in total. The van der Waals surface area contributed by atoms with Gasteiger partial charge in [-0.1, -0.05) is 34.8 Å². The van der Waals surface area contributed by atoms with E-state index >= 15 is 0 Å². The average Bonchev–Trinajstić information content (AvgIpc) is 2.78. The third-order valence-corrected chi connectivity index (χ3v) is 4.11. The van der Waals surface area contributed by atoms with Gasteiger partial charge in [-0.25, -0.2) is 4.98 Å². The molecule has 0 aliphatic rings. The molecular formula is C12H8Cl3NO3S. The lowest BCUT2D eigenvalue weighted by atomic mass is 10.1. The predicted octanol–water partition coefficient (Wildman–Crippen LogP) is 4.31. The second kappa shape index (κ2) is 6.63. The van der Waals surface area contributed by atoms with E-state index in [1.54, 1.807) is 18.3 Å². The van der Waals surface area contributed by atoms with Crippen molar-refractivity contribution in [1.82, 2.24) is 4.98 Å². The number of ether oxygens (including phenoxy) is 1. The van der Waals surface area contributed by atoms with Gasteiger partial charge in [0, 0.05) is 16.8 Å². The molecule has 1 aromatic carbocycles. The van der Waals surface area contributed by atoms with Crippen LogP contribution in [-0.4, -0.2) is 16.1 Å². The van der Waals surface area contributed by atoms with Crippen LogP contribution in [0.1, 0.15) is 10.4 Å². The second-order valence-electron chi connectivity index (χ2n) is 3.78. The number of carboxylic acid groups (broad SMARTS) is 1. The quantitative estimate of drug-likeness (QED) is 0.871. The van der Waals surface area contributed by atoms with Crippen LogP contribution >= 0.6 is 46.1 Å². The summed E-state index contributed by atoms with van der Waals surface area (Å²) in [6.45, 7) is 0.192. The largest absolute Gasteiger partial charge is 0.486 e. The van der Waals surface area contributed by atoms with E-state index in [-0.39, 0.29) is 18.8 Å². The van der Waals surface area contributed by atoms with Crippen LogP contribution in [0.4, 0.5) is 0 Å². The molecule has 1 aromatic heterocycles. The first-order chi connectivity index (χ1) is 9.47. The van der Waals surface area contributed by atoms with Crippen molar-refractivity contribution in [1.29, 1.82) is 0 Å². The SMILES string of the molecule is O=C(O)Cc1c(Cl)ccc(Cl)c1OCc1cnc(Cl)s1. The average molecular weight is 353 g/mol. The zero-order chi connectivity index (χ0) is 14.7. The fourth-order valence-electron chi connectivity index (χ4n) is 1.54. The van der Waals surface area contributed by atoms with Gasteiger partial charge in [-0.2, -0.15) is 0 Å². The number of thiazole rings is 1. The number of carbonyl (C=O) groups is 1. The number of aromatic nitrogens is 1. The molecule has 0 fully saturated rings. The highest BCUT2D eigenvalue weighted by atomic mass is 35.5. The van der Waals surface area contributed by atoms with Crippen molar-refractivity contribution in [2.75, 3.05) is 0 Å². The van der Waals surface area contributed by atoms with E-state index < -0.39 is 5.97 Å². The molecule has 1 heterocycles. The van der Waals surface area contributed by atoms with Gasteiger partial charge < -0.3 is 9.84 Å².